The van der Waals surface area contributed by atoms with Gasteiger partial charge in [-0.3, -0.25) is 0 Å². The van der Waals surface area contributed by atoms with E-state index in [1.54, 1.807) is 7.11 Å². The van der Waals surface area contributed by atoms with Gasteiger partial charge in [0.1, 0.15) is 13.8 Å². The van der Waals surface area contributed by atoms with Crippen molar-refractivity contribution >= 4 is 14.1 Å². The first-order valence-electron chi connectivity index (χ1n) is 8.67. The van der Waals surface area contributed by atoms with Crippen LogP contribution in [0.4, 0.5) is 0 Å². The molecule has 1 aromatic carbocycles. The second kappa shape index (κ2) is 9.41. The molecule has 0 bridgehead atoms. The summed E-state index contributed by atoms with van der Waals surface area (Å²) in [5.41, 5.74) is 6.64. The molecule has 0 aromatic heterocycles. The van der Waals surface area contributed by atoms with Crippen LogP contribution >= 0.6 is 0 Å². The van der Waals surface area contributed by atoms with Crippen molar-refractivity contribution in [2.75, 3.05) is 7.11 Å². The first-order chi connectivity index (χ1) is 11.3. The zero-order chi connectivity index (χ0) is 18.2. The lowest BCUT2D eigenvalue weighted by Gasteiger charge is -2.37. The average molecular weight is 339 g/mol. The molecule has 0 spiro atoms. The summed E-state index contributed by atoms with van der Waals surface area (Å²) in [5, 5.41) is 0. The van der Waals surface area contributed by atoms with Gasteiger partial charge in [-0.05, 0) is 58.3 Å². The molecule has 0 aliphatic rings. The Labute approximate surface area is 149 Å². The summed E-state index contributed by atoms with van der Waals surface area (Å²) in [4.78, 5) is 0. The molecule has 0 fully saturated rings. The fourth-order valence-electron chi connectivity index (χ4n) is 3.50. The topological polar surface area (TPSA) is 9.23 Å². The van der Waals surface area contributed by atoms with Gasteiger partial charge in [0.25, 0.3) is 0 Å². The zero-order valence-electron chi connectivity index (χ0n) is 16.1. The second-order valence-electron chi connectivity index (χ2n) is 7.02. The average Bonchev–Trinajstić information content (AvgIpc) is 2.53. The van der Waals surface area contributed by atoms with Gasteiger partial charge in [-0.25, -0.2) is 0 Å². The van der Waals surface area contributed by atoms with E-state index in [1.807, 2.05) is 36.4 Å². The molecule has 0 saturated carbocycles. The maximum atomic E-state index is 5.15. The van der Waals surface area contributed by atoms with Crippen LogP contribution in [0.1, 0.15) is 47.1 Å². The lowest BCUT2D eigenvalue weighted by molar-refractivity contribution is 0.415. The highest BCUT2D eigenvalue weighted by atomic mass is 28.3. The van der Waals surface area contributed by atoms with Crippen molar-refractivity contribution in [1.29, 1.82) is 0 Å². The van der Waals surface area contributed by atoms with Crippen LogP contribution in [0.3, 0.4) is 0 Å². The van der Waals surface area contributed by atoms with Gasteiger partial charge >= 0.3 is 0 Å². The second-order valence-corrected chi connectivity index (χ2v) is 12.6. The summed E-state index contributed by atoms with van der Waals surface area (Å²) in [7, 11) is 0.00659. The molecule has 0 atom stereocenters. The van der Waals surface area contributed by atoms with Gasteiger partial charge in [0.15, 0.2) is 0 Å². The first-order valence-corrected chi connectivity index (χ1v) is 10.9. The highest BCUT2D eigenvalue weighted by molar-refractivity contribution is 6.90. The van der Waals surface area contributed by atoms with E-state index in [0.717, 1.165) is 11.3 Å². The van der Waals surface area contributed by atoms with Gasteiger partial charge in [0, 0.05) is 0 Å². The van der Waals surface area contributed by atoms with E-state index in [0.29, 0.717) is 16.6 Å². The normalized spacial score (nSPS) is 11.4. The summed E-state index contributed by atoms with van der Waals surface area (Å²) in [6.45, 7) is 13.9. The van der Waals surface area contributed by atoms with Crippen LogP contribution in [0.2, 0.25) is 16.6 Å². The zero-order valence-corrected chi connectivity index (χ0v) is 17.1. The lowest BCUT2D eigenvalue weighted by atomic mass is 10.2. The molecule has 1 rings (SSSR count). The molecule has 2 heteroatoms. The molecule has 0 radical (unpaired) electrons. The standard InChI is InChI=1S/C22H30OSi/c1-18(2)24(19(3)4,20(5)6)17-11-9-8-10-12-21-13-15-22(23-7)16-14-21/h10,12-16,18-20H,1-7H3/b12-10+. The molecule has 0 aliphatic heterocycles. The molecule has 0 saturated heterocycles. The molecule has 1 aromatic rings. The molecular weight excluding hydrogens is 308 g/mol. The highest BCUT2D eigenvalue weighted by Crippen LogP contribution is 2.40. The molecule has 0 amide bonds. The van der Waals surface area contributed by atoms with Crippen molar-refractivity contribution in [2.45, 2.75) is 58.2 Å². The van der Waals surface area contributed by atoms with Crippen LogP contribution in [0, 0.1) is 23.3 Å². The van der Waals surface area contributed by atoms with Crippen molar-refractivity contribution in [1.82, 2.24) is 0 Å². The fraction of sp³-hybridized carbons (Fsp3) is 0.455. The molecule has 1 nitrogen and oxygen atoms in total. The summed E-state index contributed by atoms with van der Waals surface area (Å²) < 4.78 is 5.15. The number of methoxy groups -OCH3 is 1. The van der Waals surface area contributed by atoms with E-state index in [1.165, 1.54) is 0 Å². The van der Waals surface area contributed by atoms with Crippen LogP contribution in [0.15, 0.2) is 30.3 Å². The van der Waals surface area contributed by atoms with E-state index in [9.17, 15) is 0 Å². The first kappa shape index (κ1) is 20.1. The SMILES string of the molecule is COc1ccc(/C=C/C#CC#C[Si](C(C)C)(C(C)C)C(C)C)cc1. The minimum Gasteiger partial charge on any atom is -0.497 e. The Morgan fingerprint density at radius 1 is 0.875 bits per heavy atom. The third-order valence-corrected chi connectivity index (χ3v) is 11.0. The van der Waals surface area contributed by atoms with Crippen LogP contribution in [0.25, 0.3) is 6.08 Å². The Kier molecular flexibility index (Phi) is 7.89. The summed E-state index contributed by atoms with van der Waals surface area (Å²) in [6.07, 6.45) is 3.85. The van der Waals surface area contributed by atoms with Gasteiger partial charge in [0.05, 0.1) is 7.11 Å². The number of ether oxygens (including phenoxy) is 1. The Hall–Kier alpha value is -1.90. The van der Waals surface area contributed by atoms with E-state index in [4.69, 9.17) is 4.74 Å². The minimum absolute atomic E-state index is 0.640. The van der Waals surface area contributed by atoms with Crippen molar-refractivity contribution in [2.24, 2.45) is 0 Å². The molecule has 0 N–H and O–H groups in total. The van der Waals surface area contributed by atoms with Crippen LogP contribution < -0.4 is 4.74 Å². The third kappa shape index (κ3) is 5.05. The molecule has 24 heavy (non-hydrogen) atoms. The number of hydrogen-bond donors (Lipinski definition) is 0. The van der Waals surface area contributed by atoms with Gasteiger partial charge in [-0.1, -0.05) is 59.6 Å². The number of hydrogen-bond acceptors (Lipinski definition) is 1. The maximum Gasteiger partial charge on any atom is 0.147 e. The lowest BCUT2D eigenvalue weighted by Crippen LogP contribution is -2.43. The van der Waals surface area contributed by atoms with Crippen LogP contribution in [-0.2, 0) is 0 Å². The third-order valence-electron chi connectivity index (χ3n) is 4.75. The summed E-state index contributed by atoms with van der Waals surface area (Å²) in [5.74, 6) is 10.1. The fourth-order valence-corrected chi connectivity index (χ4v) is 8.65. The van der Waals surface area contributed by atoms with E-state index in [2.05, 4.69) is 64.8 Å². The molecule has 0 heterocycles. The Bertz CT molecular complexity index is 636. The largest absolute Gasteiger partial charge is 0.497 e. The number of benzene rings is 1. The molecule has 128 valence electrons. The highest BCUT2D eigenvalue weighted by Gasteiger charge is 2.41. The Morgan fingerprint density at radius 3 is 1.88 bits per heavy atom. The summed E-state index contributed by atoms with van der Waals surface area (Å²) in [6, 6.07) is 7.91. The van der Waals surface area contributed by atoms with Gasteiger partial charge in [-0.2, -0.15) is 0 Å². The molecule has 0 aliphatic carbocycles. The minimum atomic E-state index is -1.66. The van der Waals surface area contributed by atoms with E-state index >= 15 is 0 Å². The van der Waals surface area contributed by atoms with Gasteiger partial charge in [-0.15, -0.1) is 5.54 Å². The quantitative estimate of drug-likeness (QED) is 0.477. The predicted octanol–water partition coefficient (Wildman–Crippen LogP) is 5.93. The molecule has 0 unspecified atom stereocenters. The van der Waals surface area contributed by atoms with Crippen LogP contribution in [-0.4, -0.2) is 15.2 Å². The maximum absolute atomic E-state index is 5.15. The number of rotatable bonds is 5. The van der Waals surface area contributed by atoms with Crippen molar-refractivity contribution < 1.29 is 4.74 Å². The molecular formula is C22H30OSi. The Morgan fingerprint density at radius 2 is 1.42 bits per heavy atom. The smallest absolute Gasteiger partial charge is 0.147 e. The van der Waals surface area contributed by atoms with Crippen molar-refractivity contribution in [3.05, 3.63) is 35.9 Å². The van der Waals surface area contributed by atoms with Crippen molar-refractivity contribution in [3.8, 4) is 29.1 Å². The van der Waals surface area contributed by atoms with Crippen LogP contribution in [0.5, 0.6) is 5.75 Å². The van der Waals surface area contributed by atoms with Gasteiger partial charge < -0.3 is 4.74 Å². The Balaban J connectivity index is 2.87. The monoisotopic (exact) mass is 338 g/mol. The van der Waals surface area contributed by atoms with Gasteiger partial charge in [0.2, 0.25) is 0 Å². The summed E-state index contributed by atoms with van der Waals surface area (Å²) >= 11 is 0. The van der Waals surface area contributed by atoms with E-state index in [-0.39, 0.29) is 0 Å². The number of allylic oxidation sites excluding steroid dienone is 1. The van der Waals surface area contributed by atoms with E-state index < -0.39 is 8.07 Å². The van der Waals surface area contributed by atoms with Crippen molar-refractivity contribution in [3.63, 3.8) is 0 Å². The predicted molar refractivity (Wildman–Crippen MR) is 109 cm³/mol.